The summed E-state index contributed by atoms with van der Waals surface area (Å²) < 4.78 is 7.03. The first-order chi connectivity index (χ1) is 13.9. The Morgan fingerprint density at radius 2 is 1.76 bits per heavy atom. The molecule has 1 aromatic heterocycles. The zero-order valence-electron chi connectivity index (χ0n) is 15.1. The van der Waals surface area contributed by atoms with Gasteiger partial charge in [0.2, 0.25) is 0 Å². The minimum Gasteiger partial charge on any atom is -0.496 e. The number of hydrazine groups is 1. The Labute approximate surface area is 170 Å². The number of aromatic nitrogens is 1. The number of non-ortho nitro benzene ring substituents is 1. The molecule has 2 aromatic carbocycles. The Balaban J connectivity index is 1.77. The van der Waals surface area contributed by atoms with Gasteiger partial charge in [-0.15, -0.1) is 0 Å². The number of rotatable bonds is 5. The van der Waals surface area contributed by atoms with Gasteiger partial charge in [0.05, 0.1) is 28.3 Å². The molecule has 0 spiro atoms. The lowest BCUT2D eigenvalue weighted by molar-refractivity contribution is -0.384. The van der Waals surface area contributed by atoms with Crippen molar-refractivity contribution in [3.05, 3.63) is 87.2 Å². The lowest BCUT2D eigenvalue weighted by Crippen LogP contribution is -2.41. The first kappa shape index (κ1) is 19.9. The van der Waals surface area contributed by atoms with E-state index in [1.165, 1.54) is 31.4 Å². The highest BCUT2D eigenvalue weighted by Crippen LogP contribution is 2.29. The van der Waals surface area contributed by atoms with Crippen molar-refractivity contribution in [3.8, 4) is 11.4 Å². The van der Waals surface area contributed by atoms with E-state index in [1.807, 2.05) is 12.1 Å². The Kier molecular flexibility index (Phi) is 5.79. The fourth-order valence-corrected chi connectivity index (χ4v) is 2.86. The Morgan fingerprint density at radius 1 is 1.07 bits per heavy atom. The number of hydrogen-bond donors (Lipinski definition) is 2. The Bertz CT molecular complexity index is 1080. The van der Waals surface area contributed by atoms with E-state index < -0.39 is 16.7 Å². The first-order valence-corrected chi connectivity index (χ1v) is 8.64. The molecule has 9 nitrogen and oxygen atoms in total. The summed E-state index contributed by atoms with van der Waals surface area (Å²) in [5.41, 5.74) is 4.96. The van der Waals surface area contributed by atoms with Crippen LogP contribution in [-0.2, 0) is 0 Å². The van der Waals surface area contributed by atoms with Crippen molar-refractivity contribution in [2.45, 2.75) is 0 Å². The zero-order valence-corrected chi connectivity index (χ0v) is 15.8. The van der Waals surface area contributed by atoms with E-state index in [-0.39, 0.29) is 22.6 Å². The predicted octanol–water partition coefficient (Wildman–Crippen LogP) is 3.12. The van der Waals surface area contributed by atoms with Gasteiger partial charge in [0.25, 0.3) is 17.5 Å². The van der Waals surface area contributed by atoms with Gasteiger partial charge in [-0.05, 0) is 24.3 Å². The topological polar surface area (TPSA) is 116 Å². The minimum atomic E-state index is -0.712. The summed E-state index contributed by atoms with van der Waals surface area (Å²) in [6.45, 7) is 0. The number of nitrogens with one attached hydrogen (secondary N) is 2. The maximum Gasteiger partial charge on any atom is 0.273 e. The second-order valence-corrected chi connectivity index (χ2v) is 6.22. The summed E-state index contributed by atoms with van der Waals surface area (Å²) >= 11 is 6.29. The fraction of sp³-hybridized carbons (Fsp3) is 0.0526. The molecule has 2 N–H and O–H groups in total. The van der Waals surface area contributed by atoms with E-state index in [1.54, 1.807) is 23.0 Å². The molecule has 0 fully saturated rings. The zero-order chi connectivity index (χ0) is 21.0. The second kappa shape index (κ2) is 8.44. The molecule has 0 unspecified atom stereocenters. The van der Waals surface area contributed by atoms with Crippen LogP contribution in [0.4, 0.5) is 5.69 Å². The third kappa shape index (κ3) is 4.36. The number of nitro benzene ring substituents is 1. The lowest BCUT2D eigenvalue weighted by Gasteiger charge is -2.14. The van der Waals surface area contributed by atoms with Crippen LogP contribution in [0.5, 0.6) is 5.75 Å². The van der Waals surface area contributed by atoms with Crippen LogP contribution in [0.15, 0.2) is 60.9 Å². The van der Waals surface area contributed by atoms with E-state index in [9.17, 15) is 19.7 Å². The van der Waals surface area contributed by atoms with Crippen molar-refractivity contribution in [2.75, 3.05) is 7.11 Å². The smallest absolute Gasteiger partial charge is 0.273 e. The molecule has 0 aliphatic rings. The average molecular weight is 415 g/mol. The number of hydrogen-bond acceptors (Lipinski definition) is 5. The normalized spacial score (nSPS) is 10.3. The molecule has 2 amide bonds. The molecule has 29 heavy (non-hydrogen) atoms. The molecular formula is C19H15ClN4O5. The number of nitro groups is 1. The molecule has 0 bridgehead atoms. The minimum absolute atomic E-state index is 0.0208. The summed E-state index contributed by atoms with van der Waals surface area (Å²) in [5.74, 6) is -1.13. The van der Waals surface area contributed by atoms with Gasteiger partial charge in [0.15, 0.2) is 0 Å². The van der Waals surface area contributed by atoms with Gasteiger partial charge in [-0.1, -0.05) is 17.7 Å². The number of amides is 2. The largest absolute Gasteiger partial charge is 0.496 e. The van der Waals surface area contributed by atoms with Gasteiger partial charge in [-0.3, -0.25) is 30.6 Å². The van der Waals surface area contributed by atoms with Gasteiger partial charge in [0, 0.05) is 36.2 Å². The third-order valence-electron chi connectivity index (χ3n) is 4.00. The molecule has 0 saturated carbocycles. The number of halogens is 1. The van der Waals surface area contributed by atoms with Crippen LogP contribution in [0.1, 0.15) is 20.7 Å². The average Bonchev–Trinajstić information content (AvgIpc) is 3.26. The van der Waals surface area contributed by atoms with E-state index in [0.717, 1.165) is 6.07 Å². The van der Waals surface area contributed by atoms with E-state index in [2.05, 4.69) is 10.9 Å². The Morgan fingerprint density at radius 3 is 2.41 bits per heavy atom. The Hall–Kier alpha value is -3.85. The third-order valence-corrected chi connectivity index (χ3v) is 4.31. The van der Waals surface area contributed by atoms with Crippen LogP contribution in [0.2, 0.25) is 5.02 Å². The predicted molar refractivity (Wildman–Crippen MR) is 105 cm³/mol. The monoisotopic (exact) mass is 414 g/mol. The highest BCUT2D eigenvalue weighted by molar-refractivity contribution is 6.33. The summed E-state index contributed by atoms with van der Waals surface area (Å²) in [6, 6.07) is 11.8. The van der Waals surface area contributed by atoms with Gasteiger partial charge in [-0.25, -0.2) is 0 Å². The molecule has 0 atom stereocenters. The van der Waals surface area contributed by atoms with Crippen LogP contribution in [-0.4, -0.2) is 28.4 Å². The van der Waals surface area contributed by atoms with Crippen LogP contribution < -0.4 is 15.6 Å². The van der Waals surface area contributed by atoms with Crippen LogP contribution in [0.3, 0.4) is 0 Å². The van der Waals surface area contributed by atoms with Gasteiger partial charge >= 0.3 is 0 Å². The summed E-state index contributed by atoms with van der Waals surface area (Å²) in [5, 5.41) is 11.1. The SMILES string of the molecule is COc1cc(-n2cccc2)c(Cl)cc1C(=O)NNC(=O)c1cccc([N+](=O)[O-])c1. The van der Waals surface area contributed by atoms with Crippen molar-refractivity contribution in [1.29, 1.82) is 0 Å². The van der Waals surface area contributed by atoms with E-state index in [0.29, 0.717) is 10.7 Å². The first-order valence-electron chi connectivity index (χ1n) is 8.26. The highest BCUT2D eigenvalue weighted by Gasteiger charge is 2.18. The van der Waals surface area contributed by atoms with Crippen molar-refractivity contribution in [3.63, 3.8) is 0 Å². The second-order valence-electron chi connectivity index (χ2n) is 5.81. The molecule has 0 aliphatic carbocycles. The number of carbonyl (C=O) groups is 2. The maximum atomic E-state index is 12.5. The number of nitrogens with zero attached hydrogens (tertiary/aromatic N) is 2. The quantitative estimate of drug-likeness (QED) is 0.491. The molecule has 3 aromatic rings. The molecule has 3 rings (SSSR count). The van der Waals surface area contributed by atoms with Gasteiger partial charge < -0.3 is 9.30 Å². The molecule has 0 radical (unpaired) electrons. The maximum absolute atomic E-state index is 12.5. The van der Waals surface area contributed by atoms with Crippen molar-refractivity contribution in [1.82, 2.24) is 15.4 Å². The van der Waals surface area contributed by atoms with Gasteiger partial charge in [-0.2, -0.15) is 0 Å². The van der Waals surface area contributed by atoms with E-state index >= 15 is 0 Å². The molecule has 1 heterocycles. The van der Waals surface area contributed by atoms with Crippen molar-refractivity contribution >= 4 is 29.1 Å². The van der Waals surface area contributed by atoms with Crippen molar-refractivity contribution < 1.29 is 19.2 Å². The number of benzene rings is 2. The summed E-state index contributed by atoms with van der Waals surface area (Å²) in [7, 11) is 1.40. The molecule has 0 aliphatic heterocycles. The number of methoxy groups -OCH3 is 1. The number of carbonyl (C=O) groups excluding carboxylic acids is 2. The highest BCUT2D eigenvalue weighted by atomic mass is 35.5. The standard InChI is InChI=1S/C19H15ClN4O5/c1-29-17-11-16(23-7-2-3-8-23)15(20)10-14(17)19(26)22-21-18(25)12-5-4-6-13(9-12)24(27)28/h2-11H,1H3,(H,21,25)(H,22,26). The van der Waals surface area contributed by atoms with Crippen LogP contribution in [0.25, 0.3) is 5.69 Å². The molecular weight excluding hydrogens is 400 g/mol. The van der Waals surface area contributed by atoms with Crippen LogP contribution >= 0.6 is 11.6 Å². The summed E-state index contributed by atoms with van der Waals surface area (Å²) in [4.78, 5) is 34.9. The van der Waals surface area contributed by atoms with Crippen molar-refractivity contribution in [2.24, 2.45) is 0 Å². The summed E-state index contributed by atoms with van der Waals surface area (Å²) in [6.07, 6.45) is 3.58. The molecule has 148 valence electrons. The fourth-order valence-electron chi connectivity index (χ4n) is 2.60. The molecule has 0 saturated heterocycles. The lowest BCUT2D eigenvalue weighted by atomic mass is 10.1. The van der Waals surface area contributed by atoms with Crippen LogP contribution in [0, 0.1) is 10.1 Å². The van der Waals surface area contributed by atoms with E-state index in [4.69, 9.17) is 16.3 Å². The molecule has 10 heteroatoms. The number of ether oxygens (including phenoxy) is 1. The van der Waals surface area contributed by atoms with Gasteiger partial charge in [0.1, 0.15) is 5.75 Å².